The molecule has 1 amide bonds. The summed E-state index contributed by atoms with van der Waals surface area (Å²) in [5.74, 6) is -0.825. The van der Waals surface area contributed by atoms with Crippen molar-refractivity contribution in [3.05, 3.63) is 0 Å². The van der Waals surface area contributed by atoms with E-state index in [4.69, 9.17) is 10.5 Å². The van der Waals surface area contributed by atoms with Crippen molar-refractivity contribution < 1.29 is 54.9 Å². The molecule has 12 nitrogen and oxygen atoms in total. The number of unbranched alkanes of at least 4 members (excludes halogenated alkanes) is 2. The Morgan fingerprint density at radius 1 is 0.672 bits per heavy atom. The molecule has 0 spiro atoms. The van der Waals surface area contributed by atoms with Gasteiger partial charge in [0.05, 0.1) is 5.75 Å². The highest BCUT2D eigenvalue weighted by Crippen LogP contribution is 2.23. The SMILES string of the molecule is CC(=O)C(C)CN.CCC(F)(F)CCC(C)=O.CCCC(=O)NC.CCCC(C)=O.CCCCC.CCCOCCC.CCS(=O)(=O)CCC(C)=O.CCS(=O)CCC(C)=O. The van der Waals surface area contributed by atoms with Crippen LogP contribution >= 0.6 is 0 Å². The van der Waals surface area contributed by atoms with Crippen LogP contribution in [0.3, 0.4) is 0 Å². The van der Waals surface area contributed by atoms with E-state index in [0.717, 1.165) is 45.3 Å². The van der Waals surface area contributed by atoms with Gasteiger partial charge >= 0.3 is 0 Å². The Labute approximate surface area is 375 Å². The van der Waals surface area contributed by atoms with Gasteiger partial charge in [-0.25, -0.2) is 17.2 Å². The van der Waals surface area contributed by atoms with Crippen LogP contribution in [0.1, 0.15) is 194 Å². The molecule has 0 aliphatic heterocycles. The normalized spacial score (nSPS) is 10.8. The topological polar surface area (TPSA) is 201 Å². The zero-order chi connectivity index (χ0) is 49.9. The predicted molar refractivity (Wildman–Crippen MR) is 254 cm³/mol. The van der Waals surface area contributed by atoms with E-state index in [1.54, 1.807) is 27.8 Å². The first-order valence-corrected chi connectivity index (χ1v) is 25.4. The first-order chi connectivity index (χ1) is 28.2. The van der Waals surface area contributed by atoms with Gasteiger partial charge in [-0.1, -0.05) is 88.5 Å². The van der Waals surface area contributed by atoms with Crippen molar-refractivity contribution in [1.29, 1.82) is 0 Å². The van der Waals surface area contributed by atoms with E-state index in [9.17, 15) is 50.2 Å². The van der Waals surface area contributed by atoms with Gasteiger partial charge in [-0.05, 0) is 60.3 Å². The summed E-state index contributed by atoms with van der Waals surface area (Å²) in [4.78, 5) is 61.6. The van der Waals surface area contributed by atoms with Gasteiger partial charge in [0.25, 0.3) is 0 Å². The van der Waals surface area contributed by atoms with Crippen LogP contribution in [-0.2, 0) is 54.1 Å². The number of ether oxygens (including phenoxy) is 1. The van der Waals surface area contributed by atoms with E-state index in [1.807, 2.05) is 27.7 Å². The second kappa shape index (κ2) is 57.7. The Bertz CT molecular complexity index is 1160. The van der Waals surface area contributed by atoms with Crippen molar-refractivity contribution in [2.45, 2.75) is 200 Å². The molecule has 0 heterocycles. The third-order valence-electron chi connectivity index (χ3n) is 7.38. The molecule has 0 aliphatic carbocycles. The number of sulfone groups is 1. The number of hydrogen-bond donors (Lipinski definition) is 2. The number of nitrogens with two attached hydrogens (primary N) is 1. The zero-order valence-corrected chi connectivity index (χ0v) is 43.3. The van der Waals surface area contributed by atoms with Crippen LogP contribution in [-0.4, -0.2) is 103 Å². The van der Waals surface area contributed by atoms with Crippen LogP contribution in [0.25, 0.3) is 0 Å². The summed E-state index contributed by atoms with van der Waals surface area (Å²) in [6.45, 7) is 29.0. The summed E-state index contributed by atoms with van der Waals surface area (Å²) >= 11 is 0. The van der Waals surface area contributed by atoms with E-state index in [2.05, 4.69) is 33.0 Å². The number of carbonyl (C=O) groups excluding carboxylic acids is 6. The van der Waals surface area contributed by atoms with Gasteiger partial charge in [-0.2, -0.15) is 0 Å². The van der Waals surface area contributed by atoms with E-state index < -0.39 is 26.6 Å². The van der Waals surface area contributed by atoms with Gasteiger partial charge < -0.3 is 25.4 Å². The van der Waals surface area contributed by atoms with Gasteiger partial charge in [0, 0.05) is 106 Å². The molecular formula is C45H94F2N2O10S2. The summed E-state index contributed by atoms with van der Waals surface area (Å²) in [6.07, 6.45) is 9.76. The van der Waals surface area contributed by atoms with Crippen LogP contribution in [0.15, 0.2) is 0 Å². The van der Waals surface area contributed by atoms with E-state index in [-0.39, 0.29) is 77.9 Å². The summed E-state index contributed by atoms with van der Waals surface area (Å²) in [7, 11) is -2.05. The Morgan fingerprint density at radius 3 is 1.30 bits per heavy atom. The quantitative estimate of drug-likeness (QED) is 0.0873. The number of amides is 1. The lowest BCUT2D eigenvalue weighted by Crippen LogP contribution is -2.17. The Hall–Kier alpha value is -2.30. The largest absolute Gasteiger partial charge is 0.381 e. The number of Topliss-reactive ketones (excluding diaryl/α,β-unsaturated/α-hetero) is 5. The molecule has 0 bridgehead atoms. The van der Waals surface area contributed by atoms with Crippen molar-refractivity contribution in [1.82, 2.24) is 5.32 Å². The van der Waals surface area contributed by atoms with Crippen molar-refractivity contribution in [2.75, 3.05) is 49.8 Å². The monoisotopic (exact) mass is 925 g/mol. The average Bonchev–Trinajstić information content (AvgIpc) is 3.20. The fourth-order valence-electron chi connectivity index (χ4n) is 3.00. The predicted octanol–water partition coefficient (Wildman–Crippen LogP) is 9.63. The maximum atomic E-state index is 12.4. The molecule has 0 saturated carbocycles. The zero-order valence-electron chi connectivity index (χ0n) is 41.7. The van der Waals surface area contributed by atoms with Gasteiger partial charge in [-0.15, -0.1) is 0 Å². The smallest absolute Gasteiger partial charge is 0.248 e. The fourth-order valence-corrected chi connectivity index (χ4v) is 4.69. The second-order valence-electron chi connectivity index (χ2n) is 14.1. The molecule has 0 saturated heterocycles. The molecule has 0 radical (unpaired) electrons. The highest BCUT2D eigenvalue weighted by atomic mass is 32.2. The molecule has 370 valence electrons. The third kappa shape index (κ3) is 98.2. The maximum absolute atomic E-state index is 12.4. The average molecular weight is 925 g/mol. The van der Waals surface area contributed by atoms with Crippen molar-refractivity contribution in [3.63, 3.8) is 0 Å². The number of nitrogens with one attached hydrogen (secondary N) is 1. The molecule has 3 N–H and O–H groups in total. The number of alkyl halides is 2. The summed E-state index contributed by atoms with van der Waals surface area (Å²) in [5.41, 5.74) is 5.15. The minimum absolute atomic E-state index is 0.00116. The number of ketones is 5. The van der Waals surface area contributed by atoms with Crippen LogP contribution in [0.2, 0.25) is 0 Å². The molecule has 0 aromatic heterocycles. The van der Waals surface area contributed by atoms with Crippen molar-refractivity contribution >= 4 is 55.5 Å². The minimum Gasteiger partial charge on any atom is -0.381 e. The first kappa shape index (κ1) is 76.0. The Kier molecular flexibility index (Phi) is 71.9. The lowest BCUT2D eigenvalue weighted by atomic mass is 10.1. The van der Waals surface area contributed by atoms with Crippen molar-refractivity contribution in [3.8, 4) is 0 Å². The van der Waals surface area contributed by atoms with Crippen molar-refractivity contribution in [2.24, 2.45) is 11.7 Å². The van der Waals surface area contributed by atoms with Gasteiger partial charge in [0.15, 0.2) is 0 Å². The number of carbonyl (C=O) groups is 6. The fraction of sp³-hybridized carbons (Fsp3) is 0.867. The lowest BCUT2D eigenvalue weighted by molar-refractivity contribution is -0.121. The van der Waals surface area contributed by atoms with E-state index in [1.165, 1.54) is 47.0 Å². The minimum atomic E-state index is -2.94. The highest BCUT2D eigenvalue weighted by Gasteiger charge is 2.25. The summed E-state index contributed by atoms with van der Waals surface area (Å²) < 4.78 is 62.0. The van der Waals surface area contributed by atoms with Gasteiger partial charge in [-0.3, -0.25) is 23.4 Å². The molecule has 16 heteroatoms. The van der Waals surface area contributed by atoms with Crippen LogP contribution in [0.5, 0.6) is 0 Å². The molecule has 0 rings (SSSR count). The highest BCUT2D eigenvalue weighted by molar-refractivity contribution is 7.91. The standard InChI is InChI=1S/C7H12F2O.C6H12O3S.C6H12O2S.C6H14O.2C5H11NO.C5H10O.C5H12/c1-3-7(8,9)5-4-6(2)10;1-3-10(8,9)5-4-6(2)7;1-3-9(8)5-4-6(2)7;1-3-5-7-6-4-2;1-4(3-6)5(2)7;1-3-4-5(7)6-2;1-3-4-5(2)6;1-3-5-4-2/h2*3-5H2,1-2H3;3-5H2,1-2H3;3-6H2,1-2H3;4H,3,6H2,1-2H3;3-4H2,1-2H3,(H,6,7);3-4H2,1-2H3;3-5H2,1-2H3. The van der Waals surface area contributed by atoms with E-state index >= 15 is 0 Å². The maximum Gasteiger partial charge on any atom is 0.248 e. The molecule has 61 heavy (non-hydrogen) atoms. The van der Waals surface area contributed by atoms with Crippen LogP contribution < -0.4 is 11.1 Å². The van der Waals surface area contributed by atoms with Gasteiger partial charge in [0.2, 0.25) is 11.8 Å². The Morgan fingerprint density at radius 2 is 1.10 bits per heavy atom. The summed E-state index contributed by atoms with van der Waals surface area (Å²) in [5, 5.41) is 2.53. The van der Waals surface area contributed by atoms with Gasteiger partial charge in [0.1, 0.15) is 38.8 Å². The number of rotatable bonds is 24. The molecular weight excluding hydrogens is 831 g/mol. The molecule has 0 aliphatic rings. The summed E-state index contributed by atoms with van der Waals surface area (Å²) in [6, 6.07) is 0. The second-order valence-corrected chi connectivity index (χ2v) is 18.4. The number of halogens is 2. The molecule has 2 atom stereocenters. The first-order valence-electron chi connectivity index (χ1n) is 22.1. The Balaban J connectivity index is -0.0000000886. The van der Waals surface area contributed by atoms with E-state index in [0.29, 0.717) is 30.9 Å². The molecule has 2 unspecified atom stereocenters. The molecule has 0 aromatic carbocycles. The molecule has 0 fully saturated rings. The molecule has 0 aromatic rings. The van der Waals surface area contributed by atoms with Crippen LogP contribution in [0, 0.1) is 5.92 Å². The lowest BCUT2D eigenvalue weighted by Gasteiger charge is -2.11. The number of hydrogen-bond acceptors (Lipinski definition) is 11. The third-order valence-corrected chi connectivity index (χ3v) is 10.4. The van der Waals surface area contributed by atoms with Crippen LogP contribution in [0.4, 0.5) is 8.78 Å².